The maximum Gasteiger partial charge on any atom is 0.223 e. The van der Waals surface area contributed by atoms with Crippen LogP contribution in [-0.4, -0.2) is 38.2 Å². The maximum atomic E-state index is 6.33. The van der Waals surface area contributed by atoms with E-state index in [2.05, 4.69) is 24.6 Å². The van der Waals surface area contributed by atoms with Gasteiger partial charge >= 0.3 is 0 Å². The van der Waals surface area contributed by atoms with Gasteiger partial charge in [0.05, 0.1) is 30.4 Å². The summed E-state index contributed by atoms with van der Waals surface area (Å²) in [4.78, 5) is 11.3. The normalized spacial score (nSPS) is 22.5. The third-order valence-corrected chi connectivity index (χ3v) is 5.74. The number of ether oxygens (including phenoxy) is 1. The highest BCUT2D eigenvalue weighted by atomic mass is 35.5. The van der Waals surface area contributed by atoms with Crippen molar-refractivity contribution in [3.05, 3.63) is 47.4 Å². The minimum Gasteiger partial charge on any atom is -0.446 e. The first kappa shape index (κ1) is 18.3. The molecule has 2 aliphatic rings. The molecule has 0 spiro atoms. The molecule has 0 saturated carbocycles. The number of aromatic nitrogens is 4. The highest BCUT2D eigenvalue weighted by molar-refractivity contribution is 6.31. The molecule has 2 aromatic heterocycles. The number of nitrogens with zero attached hydrogens (tertiary/aromatic N) is 6. The van der Waals surface area contributed by atoms with E-state index in [1.807, 2.05) is 45.3 Å². The lowest BCUT2D eigenvalue weighted by atomic mass is 9.92. The van der Waals surface area contributed by atoms with E-state index in [0.717, 1.165) is 22.9 Å². The van der Waals surface area contributed by atoms with E-state index >= 15 is 0 Å². The number of rotatable bonds is 4. The lowest BCUT2D eigenvalue weighted by Crippen LogP contribution is -2.45. The van der Waals surface area contributed by atoms with Crippen molar-refractivity contribution in [3.63, 3.8) is 0 Å². The van der Waals surface area contributed by atoms with Gasteiger partial charge in [0.25, 0.3) is 0 Å². The Hall–Kier alpha value is -2.71. The fourth-order valence-corrected chi connectivity index (χ4v) is 4.12. The predicted molar refractivity (Wildman–Crippen MR) is 109 cm³/mol. The second-order valence-electron chi connectivity index (χ2n) is 7.72. The molecule has 29 heavy (non-hydrogen) atoms. The lowest BCUT2D eigenvalue weighted by Gasteiger charge is -2.32. The minimum absolute atomic E-state index is 0.0730. The molecule has 5 rings (SSSR count). The van der Waals surface area contributed by atoms with Crippen molar-refractivity contribution in [2.75, 3.05) is 4.90 Å². The Morgan fingerprint density at radius 2 is 2.21 bits per heavy atom. The van der Waals surface area contributed by atoms with Crippen LogP contribution in [0.15, 0.2) is 40.1 Å². The molecule has 0 bridgehead atoms. The van der Waals surface area contributed by atoms with Gasteiger partial charge in [-0.1, -0.05) is 11.6 Å². The molecule has 2 aliphatic heterocycles. The molecule has 0 fully saturated rings. The van der Waals surface area contributed by atoms with Crippen molar-refractivity contribution < 1.29 is 9.15 Å². The van der Waals surface area contributed by atoms with E-state index in [1.165, 1.54) is 0 Å². The van der Waals surface area contributed by atoms with Crippen molar-refractivity contribution in [1.29, 1.82) is 0 Å². The quantitative estimate of drug-likeness (QED) is 0.650. The third-order valence-electron chi connectivity index (χ3n) is 5.51. The number of oxazole rings is 1. The molecule has 1 aromatic carbocycles. The molecule has 9 heteroatoms. The van der Waals surface area contributed by atoms with Gasteiger partial charge in [-0.2, -0.15) is 0 Å². The Bertz CT molecular complexity index is 1080. The molecular formula is C20H21ClN6O2. The van der Waals surface area contributed by atoms with Crippen LogP contribution in [0, 0.1) is 0 Å². The summed E-state index contributed by atoms with van der Waals surface area (Å²) in [5.74, 6) is 2.11. The van der Waals surface area contributed by atoms with E-state index in [9.17, 15) is 0 Å². The van der Waals surface area contributed by atoms with Gasteiger partial charge in [-0.3, -0.25) is 4.99 Å². The topological polar surface area (TPSA) is 81.6 Å². The first-order valence-corrected chi connectivity index (χ1v) is 9.92. The largest absolute Gasteiger partial charge is 0.446 e. The second-order valence-corrected chi connectivity index (χ2v) is 8.16. The average Bonchev–Trinajstić information content (AvgIpc) is 3.40. The van der Waals surface area contributed by atoms with Crippen LogP contribution in [0.2, 0.25) is 5.02 Å². The van der Waals surface area contributed by atoms with Crippen LogP contribution < -0.4 is 4.90 Å². The molecule has 2 unspecified atom stereocenters. The van der Waals surface area contributed by atoms with Crippen LogP contribution in [0.4, 0.5) is 5.69 Å². The van der Waals surface area contributed by atoms with Gasteiger partial charge in [-0.05, 0) is 39.0 Å². The number of benzene rings is 1. The highest BCUT2D eigenvalue weighted by Gasteiger charge is 2.49. The summed E-state index contributed by atoms with van der Waals surface area (Å²) in [6, 6.07) is 5.71. The molecule has 4 heterocycles. The van der Waals surface area contributed by atoms with Gasteiger partial charge in [-0.25, -0.2) is 4.98 Å². The number of hydrogen-bond donors (Lipinski definition) is 0. The summed E-state index contributed by atoms with van der Waals surface area (Å²) in [5.41, 5.74) is 1.23. The Morgan fingerprint density at radius 1 is 1.34 bits per heavy atom. The standard InChI is InChI=1S/C20H21ClN6O2/c1-12(2)29-10-17-24-25-18-14-8-13(21)4-5-15(14)27-11-23-20(3,16(27)9-26(17)18)19-22-6-7-28-19/h4-8,11-12,16H,9-10H2,1-3H3. The monoisotopic (exact) mass is 412 g/mol. The second kappa shape index (κ2) is 6.67. The molecule has 2 atom stereocenters. The molecule has 0 radical (unpaired) electrons. The summed E-state index contributed by atoms with van der Waals surface area (Å²) < 4.78 is 13.6. The van der Waals surface area contributed by atoms with E-state index in [1.54, 1.807) is 12.5 Å². The molecule has 0 N–H and O–H groups in total. The van der Waals surface area contributed by atoms with Crippen LogP contribution in [-0.2, 0) is 23.4 Å². The number of halogens is 1. The Labute approximate surface area is 173 Å². The molecule has 0 amide bonds. The van der Waals surface area contributed by atoms with Gasteiger partial charge < -0.3 is 18.6 Å². The van der Waals surface area contributed by atoms with E-state index in [-0.39, 0.29) is 12.1 Å². The smallest absolute Gasteiger partial charge is 0.223 e. The molecule has 3 aromatic rings. The lowest BCUT2D eigenvalue weighted by molar-refractivity contribution is 0.0589. The van der Waals surface area contributed by atoms with Gasteiger partial charge in [0.2, 0.25) is 5.89 Å². The summed E-state index contributed by atoms with van der Waals surface area (Å²) >= 11 is 6.33. The van der Waals surface area contributed by atoms with E-state index in [4.69, 9.17) is 25.7 Å². The maximum absolute atomic E-state index is 6.33. The molecule has 0 aliphatic carbocycles. The van der Waals surface area contributed by atoms with Crippen LogP contribution in [0.5, 0.6) is 0 Å². The first-order chi connectivity index (χ1) is 14.0. The number of fused-ring (bicyclic) bond motifs is 5. The zero-order valence-corrected chi connectivity index (χ0v) is 17.2. The molecule has 0 saturated heterocycles. The van der Waals surface area contributed by atoms with Crippen molar-refractivity contribution in [1.82, 2.24) is 19.7 Å². The Kier molecular flexibility index (Phi) is 4.22. The Balaban J connectivity index is 1.66. The zero-order valence-electron chi connectivity index (χ0n) is 16.4. The van der Waals surface area contributed by atoms with Crippen LogP contribution in [0.1, 0.15) is 32.5 Å². The number of hydrogen-bond acceptors (Lipinski definition) is 7. The van der Waals surface area contributed by atoms with Crippen molar-refractivity contribution >= 4 is 23.6 Å². The zero-order chi connectivity index (χ0) is 20.2. The molecule has 8 nitrogen and oxygen atoms in total. The fraction of sp³-hybridized carbons (Fsp3) is 0.400. The van der Waals surface area contributed by atoms with Crippen molar-refractivity contribution in [2.45, 2.75) is 51.6 Å². The molecular weight excluding hydrogens is 392 g/mol. The summed E-state index contributed by atoms with van der Waals surface area (Å²) in [6.45, 7) is 7.02. The van der Waals surface area contributed by atoms with E-state index in [0.29, 0.717) is 24.1 Å². The van der Waals surface area contributed by atoms with Crippen LogP contribution >= 0.6 is 11.6 Å². The number of anilines is 1. The SMILES string of the molecule is CC(C)OCc1nnc2n1CC1N(C=NC1(C)c1ncco1)c1ccc(Cl)cc1-2. The first-order valence-electron chi connectivity index (χ1n) is 9.54. The van der Waals surface area contributed by atoms with Crippen molar-refractivity contribution in [2.24, 2.45) is 4.99 Å². The predicted octanol–water partition coefficient (Wildman–Crippen LogP) is 3.66. The minimum atomic E-state index is -0.650. The van der Waals surface area contributed by atoms with Gasteiger partial charge in [0, 0.05) is 17.1 Å². The Morgan fingerprint density at radius 3 is 2.97 bits per heavy atom. The highest BCUT2D eigenvalue weighted by Crippen LogP contribution is 2.44. The van der Waals surface area contributed by atoms with Crippen LogP contribution in [0.25, 0.3) is 11.4 Å². The third kappa shape index (κ3) is 2.86. The number of aliphatic imine (C=N–C) groups is 1. The average molecular weight is 413 g/mol. The summed E-state index contributed by atoms with van der Waals surface area (Å²) in [6.07, 6.45) is 5.18. The summed E-state index contributed by atoms with van der Waals surface area (Å²) in [7, 11) is 0. The van der Waals surface area contributed by atoms with Crippen molar-refractivity contribution in [3.8, 4) is 11.4 Å². The summed E-state index contributed by atoms with van der Waals surface area (Å²) in [5, 5.41) is 9.53. The fourth-order valence-electron chi connectivity index (χ4n) is 3.95. The van der Waals surface area contributed by atoms with Gasteiger partial charge in [-0.15, -0.1) is 10.2 Å². The van der Waals surface area contributed by atoms with Gasteiger partial charge in [0.15, 0.2) is 17.2 Å². The van der Waals surface area contributed by atoms with Gasteiger partial charge in [0.1, 0.15) is 12.9 Å². The van der Waals surface area contributed by atoms with E-state index < -0.39 is 5.54 Å². The van der Waals surface area contributed by atoms with Crippen LogP contribution in [0.3, 0.4) is 0 Å². The molecule has 150 valence electrons.